The van der Waals surface area contributed by atoms with Crippen molar-refractivity contribution in [1.29, 1.82) is 0 Å². The maximum absolute atomic E-state index is 11.6. The Morgan fingerprint density at radius 3 is 2.10 bits per heavy atom. The molecular formula is C18H32O3. The molecule has 21 heavy (non-hydrogen) atoms. The lowest BCUT2D eigenvalue weighted by molar-refractivity contribution is -0.137. The molecule has 0 saturated heterocycles. The lowest BCUT2D eigenvalue weighted by Crippen LogP contribution is -1.96. The lowest BCUT2D eigenvalue weighted by Gasteiger charge is -1.99. The SMILES string of the molecule is CCCCCCC(=O)CC/C=C/CCCCCCC(=O)O. The summed E-state index contributed by atoms with van der Waals surface area (Å²) in [5, 5.41) is 8.50. The molecule has 0 atom stereocenters. The second-order valence-electron chi connectivity index (χ2n) is 5.71. The van der Waals surface area contributed by atoms with E-state index in [1.165, 1.54) is 19.3 Å². The molecule has 1 N–H and O–H groups in total. The minimum absolute atomic E-state index is 0.288. The molecule has 0 rings (SSSR count). The van der Waals surface area contributed by atoms with Crippen molar-refractivity contribution in [2.24, 2.45) is 0 Å². The minimum atomic E-state index is -0.700. The summed E-state index contributed by atoms with van der Waals surface area (Å²) >= 11 is 0. The summed E-state index contributed by atoms with van der Waals surface area (Å²) in [6.07, 6.45) is 16.6. The highest BCUT2D eigenvalue weighted by Crippen LogP contribution is 2.08. The molecule has 0 unspecified atom stereocenters. The zero-order valence-electron chi connectivity index (χ0n) is 13.6. The van der Waals surface area contributed by atoms with Crippen LogP contribution in [-0.2, 0) is 9.59 Å². The molecule has 0 spiro atoms. The molecule has 0 saturated carbocycles. The van der Waals surface area contributed by atoms with Crippen molar-refractivity contribution in [3.8, 4) is 0 Å². The van der Waals surface area contributed by atoms with Crippen LogP contribution in [0.1, 0.15) is 90.4 Å². The highest BCUT2D eigenvalue weighted by atomic mass is 16.4. The summed E-state index contributed by atoms with van der Waals surface area (Å²) in [6.45, 7) is 2.18. The van der Waals surface area contributed by atoms with Crippen molar-refractivity contribution in [3.63, 3.8) is 0 Å². The van der Waals surface area contributed by atoms with E-state index in [0.717, 1.165) is 51.4 Å². The third-order valence-corrected chi connectivity index (χ3v) is 3.58. The van der Waals surface area contributed by atoms with E-state index in [9.17, 15) is 9.59 Å². The molecule has 0 aliphatic carbocycles. The maximum atomic E-state index is 11.6. The van der Waals surface area contributed by atoms with Crippen LogP contribution in [0.4, 0.5) is 0 Å². The fourth-order valence-corrected chi connectivity index (χ4v) is 2.25. The van der Waals surface area contributed by atoms with Gasteiger partial charge in [-0.2, -0.15) is 0 Å². The number of hydrogen-bond acceptors (Lipinski definition) is 2. The quantitative estimate of drug-likeness (QED) is 0.330. The van der Waals surface area contributed by atoms with Crippen molar-refractivity contribution in [2.75, 3.05) is 0 Å². The molecule has 0 aromatic heterocycles. The van der Waals surface area contributed by atoms with E-state index >= 15 is 0 Å². The van der Waals surface area contributed by atoms with E-state index in [1.54, 1.807) is 0 Å². The number of unbranched alkanes of at least 4 members (excludes halogenated alkanes) is 7. The summed E-state index contributed by atoms with van der Waals surface area (Å²) in [6, 6.07) is 0. The van der Waals surface area contributed by atoms with E-state index in [1.807, 2.05) is 0 Å². The third-order valence-electron chi connectivity index (χ3n) is 3.58. The second-order valence-corrected chi connectivity index (χ2v) is 5.71. The fourth-order valence-electron chi connectivity index (χ4n) is 2.25. The molecule has 3 nitrogen and oxygen atoms in total. The van der Waals surface area contributed by atoms with Gasteiger partial charge in [-0.1, -0.05) is 51.2 Å². The lowest BCUT2D eigenvalue weighted by atomic mass is 10.1. The van der Waals surface area contributed by atoms with Crippen molar-refractivity contribution in [3.05, 3.63) is 12.2 Å². The Morgan fingerprint density at radius 2 is 1.38 bits per heavy atom. The molecule has 0 aromatic carbocycles. The van der Waals surface area contributed by atoms with Crippen LogP contribution in [0, 0.1) is 0 Å². The first kappa shape index (κ1) is 19.9. The first-order valence-electron chi connectivity index (χ1n) is 8.55. The fraction of sp³-hybridized carbons (Fsp3) is 0.778. The van der Waals surface area contributed by atoms with Gasteiger partial charge in [-0.15, -0.1) is 0 Å². The van der Waals surface area contributed by atoms with Crippen molar-refractivity contribution in [1.82, 2.24) is 0 Å². The molecule has 0 aromatic rings. The Morgan fingerprint density at radius 1 is 0.762 bits per heavy atom. The topological polar surface area (TPSA) is 54.4 Å². The van der Waals surface area contributed by atoms with Gasteiger partial charge in [-0.05, 0) is 32.1 Å². The Labute approximate surface area is 129 Å². The maximum Gasteiger partial charge on any atom is 0.303 e. The standard InChI is InChI=1S/C18H32O3/c1-2-3-4-11-14-17(19)15-12-9-7-5-6-8-10-13-16-18(20)21/h7,9H,2-6,8,10-16H2,1H3,(H,20,21)/b9-7+. The van der Waals surface area contributed by atoms with Gasteiger partial charge in [-0.3, -0.25) is 9.59 Å². The molecular weight excluding hydrogens is 264 g/mol. The predicted molar refractivity (Wildman–Crippen MR) is 87.5 cm³/mol. The molecule has 0 aliphatic rings. The van der Waals surface area contributed by atoms with Gasteiger partial charge in [0.05, 0.1) is 0 Å². The van der Waals surface area contributed by atoms with Crippen molar-refractivity contribution in [2.45, 2.75) is 90.4 Å². The van der Waals surface area contributed by atoms with E-state index < -0.39 is 5.97 Å². The third kappa shape index (κ3) is 16.8. The molecule has 0 heterocycles. The van der Waals surface area contributed by atoms with E-state index in [2.05, 4.69) is 19.1 Å². The first-order chi connectivity index (χ1) is 10.2. The van der Waals surface area contributed by atoms with Gasteiger partial charge >= 0.3 is 5.97 Å². The van der Waals surface area contributed by atoms with Gasteiger partial charge in [0.25, 0.3) is 0 Å². The van der Waals surface area contributed by atoms with E-state index in [4.69, 9.17) is 5.11 Å². The number of hydrogen-bond donors (Lipinski definition) is 1. The average molecular weight is 296 g/mol. The van der Waals surface area contributed by atoms with E-state index in [-0.39, 0.29) is 6.42 Å². The summed E-state index contributed by atoms with van der Waals surface area (Å²) in [5.74, 6) is -0.307. The highest BCUT2D eigenvalue weighted by Gasteiger charge is 1.99. The average Bonchev–Trinajstić information content (AvgIpc) is 2.45. The molecule has 0 aliphatic heterocycles. The van der Waals surface area contributed by atoms with Crippen LogP contribution < -0.4 is 0 Å². The molecule has 3 heteroatoms. The summed E-state index contributed by atoms with van der Waals surface area (Å²) in [4.78, 5) is 21.9. The normalized spacial score (nSPS) is 11.1. The molecule has 0 fully saturated rings. The van der Waals surface area contributed by atoms with E-state index in [0.29, 0.717) is 12.2 Å². The highest BCUT2D eigenvalue weighted by molar-refractivity contribution is 5.78. The molecule has 0 radical (unpaired) electrons. The van der Waals surface area contributed by atoms with Gasteiger partial charge < -0.3 is 5.11 Å². The number of aliphatic carboxylic acids is 1. The second kappa shape index (κ2) is 15.3. The zero-order valence-corrected chi connectivity index (χ0v) is 13.6. The minimum Gasteiger partial charge on any atom is -0.481 e. The molecule has 0 bridgehead atoms. The number of allylic oxidation sites excluding steroid dienone is 2. The van der Waals surface area contributed by atoms with Gasteiger partial charge in [0.15, 0.2) is 0 Å². The number of carbonyl (C=O) groups excluding carboxylic acids is 1. The van der Waals surface area contributed by atoms with Gasteiger partial charge in [0.2, 0.25) is 0 Å². The van der Waals surface area contributed by atoms with Crippen molar-refractivity contribution < 1.29 is 14.7 Å². The molecule has 122 valence electrons. The van der Waals surface area contributed by atoms with Crippen LogP contribution in [0.2, 0.25) is 0 Å². The Hall–Kier alpha value is -1.12. The molecule has 0 amide bonds. The Bertz CT molecular complexity index is 295. The number of ketones is 1. The number of rotatable bonds is 15. The summed E-state index contributed by atoms with van der Waals surface area (Å²) in [7, 11) is 0. The van der Waals surface area contributed by atoms with Crippen LogP contribution >= 0.6 is 0 Å². The zero-order chi connectivity index (χ0) is 15.8. The smallest absolute Gasteiger partial charge is 0.303 e. The van der Waals surface area contributed by atoms with Crippen LogP contribution in [-0.4, -0.2) is 16.9 Å². The largest absolute Gasteiger partial charge is 0.481 e. The van der Waals surface area contributed by atoms with Gasteiger partial charge in [0, 0.05) is 19.3 Å². The number of carboxylic acids is 1. The van der Waals surface area contributed by atoms with Crippen LogP contribution in [0.3, 0.4) is 0 Å². The summed E-state index contributed by atoms with van der Waals surface area (Å²) < 4.78 is 0. The summed E-state index contributed by atoms with van der Waals surface area (Å²) in [5.41, 5.74) is 0. The Kier molecular flexibility index (Phi) is 14.5. The number of Topliss-reactive ketones (excluding diaryl/α,β-unsaturated/α-hetero) is 1. The van der Waals surface area contributed by atoms with Crippen LogP contribution in [0.5, 0.6) is 0 Å². The van der Waals surface area contributed by atoms with Crippen LogP contribution in [0.15, 0.2) is 12.2 Å². The predicted octanol–water partition coefficient (Wildman–Crippen LogP) is 5.29. The van der Waals surface area contributed by atoms with Gasteiger partial charge in [0.1, 0.15) is 5.78 Å². The Balaban J connectivity index is 3.28. The first-order valence-corrected chi connectivity index (χ1v) is 8.55. The van der Waals surface area contributed by atoms with Gasteiger partial charge in [-0.25, -0.2) is 0 Å². The van der Waals surface area contributed by atoms with Crippen molar-refractivity contribution >= 4 is 11.8 Å². The number of carbonyl (C=O) groups is 2. The monoisotopic (exact) mass is 296 g/mol. The number of carboxylic acid groups (broad SMARTS) is 1. The van der Waals surface area contributed by atoms with Crippen LogP contribution in [0.25, 0.3) is 0 Å².